The van der Waals surface area contributed by atoms with Gasteiger partial charge >= 0.3 is 59.1 Å². The van der Waals surface area contributed by atoms with Gasteiger partial charge in [0.05, 0.1) is 6.20 Å². The Hall–Kier alpha value is 1.56. The molecule has 0 aromatic carbocycles. The number of hydrogen-bond acceptors (Lipinski definition) is 3. The molecule has 0 saturated carbocycles. The summed E-state index contributed by atoms with van der Waals surface area (Å²) in [6, 6.07) is 0. The van der Waals surface area contributed by atoms with Gasteiger partial charge in [-0.25, -0.2) is 0 Å². The second kappa shape index (κ2) is 7.56. The maximum absolute atomic E-state index is 3.51. The molecule has 0 fully saturated rings. The Labute approximate surface area is 90.4 Å². The average Bonchev–Trinajstić information content (AvgIpc) is 1.76. The number of hydrogen-bond donors (Lipinski definition) is 0. The summed E-state index contributed by atoms with van der Waals surface area (Å²) in [6.07, 6.45) is 1.66. The summed E-state index contributed by atoms with van der Waals surface area (Å²) < 4.78 is 3.51. The second-order valence-electron chi connectivity index (χ2n) is 0.588. The minimum absolute atomic E-state index is 0. The monoisotopic (exact) mass is 134 g/mol. The van der Waals surface area contributed by atoms with Gasteiger partial charge in [-0.15, -0.1) is 5.10 Å². The zero-order valence-electron chi connectivity index (χ0n) is 2.46. The molecule has 0 spiro atoms. The van der Waals surface area contributed by atoms with Crippen LogP contribution in [0.4, 0.5) is 0 Å². The van der Waals surface area contributed by atoms with E-state index >= 15 is 0 Å². The summed E-state index contributed by atoms with van der Waals surface area (Å²) in [5.41, 5.74) is 0. The Bertz CT molecular complexity index is 70.2. The first-order valence-electron chi connectivity index (χ1n) is 1.21. The van der Waals surface area contributed by atoms with Crippen LogP contribution < -0.4 is 0 Å². The second-order valence-corrected chi connectivity index (χ2v) is 1.23. The first-order chi connectivity index (χ1) is 2.50. The van der Waals surface area contributed by atoms with Crippen molar-refractivity contribution >= 4 is 70.6 Å². The van der Waals surface area contributed by atoms with Gasteiger partial charge < -0.3 is 0 Å². The van der Waals surface area contributed by atoms with Crippen molar-refractivity contribution in [2.24, 2.45) is 0 Å². The van der Waals surface area contributed by atoms with Crippen LogP contribution in [0.2, 0.25) is 0 Å². The van der Waals surface area contributed by atoms with Crippen LogP contribution in [0, 0.1) is 0 Å². The van der Waals surface area contributed by atoms with Gasteiger partial charge in [-0.3, -0.25) is 0 Å². The van der Waals surface area contributed by atoms with Gasteiger partial charge in [-0.05, 0) is 11.5 Å². The van der Waals surface area contributed by atoms with Gasteiger partial charge in [0, 0.05) is 5.38 Å². The summed E-state index contributed by atoms with van der Waals surface area (Å²) in [5.74, 6) is 0. The molecule has 1 aromatic rings. The average molecular weight is 134 g/mol. The third kappa shape index (κ3) is 5.43. The summed E-state index contributed by atoms with van der Waals surface area (Å²) in [4.78, 5) is 0. The molecule has 0 aliphatic heterocycles. The molecule has 0 radical (unpaired) electrons. The molecule has 0 aliphatic rings. The molecule has 30 valence electrons. The van der Waals surface area contributed by atoms with Crippen molar-refractivity contribution in [1.29, 1.82) is 0 Å². The molecule has 7 heavy (non-hydrogen) atoms. The largest absolute Gasteiger partial charge is 0.147 e. The molecule has 0 amide bonds. The quantitative estimate of drug-likeness (QED) is 0.436. The predicted octanol–water partition coefficient (Wildman–Crippen LogP) is -0.759. The van der Waals surface area contributed by atoms with Gasteiger partial charge in [0.15, 0.2) is 0 Å². The fourth-order valence-electron chi connectivity index (χ4n) is 0.136. The molecule has 1 heterocycles. The van der Waals surface area contributed by atoms with E-state index in [1.807, 2.05) is 5.38 Å². The smallest absolute Gasteiger partial charge is 0.0620 e. The Morgan fingerprint density at radius 1 is 1.29 bits per heavy atom. The maximum atomic E-state index is 3.51. The van der Waals surface area contributed by atoms with Crippen LogP contribution in [-0.4, -0.2) is 68.7 Å². The maximum Gasteiger partial charge on any atom is 0.0620 e. The molecule has 0 bridgehead atoms. The van der Waals surface area contributed by atoms with Crippen LogP contribution in [0.15, 0.2) is 11.6 Å². The topological polar surface area (TPSA) is 25.8 Å². The normalized spacial score (nSPS) is 5.71. The van der Waals surface area contributed by atoms with Gasteiger partial charge in [0.2, 0.25) is 0 Å². The van der Waals surface area contributed by atoms with Crippen molar-refractivity contribution in [3.05, 3.63) is 11.6 Å². The van der Waals surface area contributed by atoms with Crippen LogP contribution in [0.1, 0.15) is 0 Å². The first kappa shape index (κ1) is 11.4. The van der Waals surface area contributed by atoms with Gasteiger partial charge in [-0.1, -0.05) is 4.49 Å². The van der Waals surface area contributed by atoms with E-state index < -0.39 is 0 Å². The predicted molar refractivity (Wildman–Crippen MR) is 34.2 cm³/mol. The Morgan fingerprint density at radius 2 is 2.00 bits per heavy atom. The zero-order chi connectivity index (χ0) is 3.54. The minimum Gasteiger partial charge on any atom is -0.147 e. The fraction of sp³-hybridized carbons (Fsp3) is 0. The van der Waals surface area contributed by atoms with E-state index in [-0.39, 0.29) is 59.1 Å². The molecule has 1 rings (SSSR count). The summed E-state index contributed by atoms with van der Waals surface area (Å²) in [6.45, 7) is 0. The van der Waals surface area contributed by atoms with E-state index in [0.29, 0.717) is 0 Å². The van der Waals surface area contributed by atoms with Gasteiger partial charge in [0.25, 0.3) is 0 Å². The van der Waals surface area contributed by atoms with Crippen molar-refractivity contribution in [3.63, 3.8) is 0 Å². The molecular formula is C2H4N2Na2S. The summed E-state index contributed by atoms with van der Waals surface area (Å²) >= 11 is 1.35. The molecular weight excluding hydrogens is 130 g/mol. The van der Waals surface area contributed by atoms with E-state index in [1.165, 1.54) is 11.5 Å². The van der Waals surface area contributed by atoms with Crippen LogP contribution in [0.3, 0.4) is 0 Å². The van der Waals surface area contributed by atoms with E-state index in [1.54, 1.807) is 6.20 Å². The molecule has 1 aromatic heterocycles. The SMILES string of the molecule is [NaH].[NaH].c1csnn1. The van der Waals surface area contributed by atoms with E-state index in [9.17, 15) is 0 Å². The van der Waals surface area contributed by atoms with Gasteiger partial charge in [0.1, 0.15) is 0 Å². The van der Waals surface area contributed by atoms with E-state index in [0.717, 1.165) is 0 Å². The van der Waals surface area contributed by atoms with Gasteiger partial charge in [-0.2, -0.15) is 0 Å². The van der Waals surface area contributed by atoms with E-state index in [2.05, 4.69) is 9.59 Å². The van der Waals surface area contributed by atoms with Crippen LogP contribution in [0.5, 0.6) is 0 Å². The van der Waals surface area contributed by atoms with Crippen LogP contribution >= 0.6 is 11.5 Å². The number of rotatable bonds is 0. The summed E-state index contributed by atoms with van der Waals surface area (Å²) in [7, 11) is 0. The van der Waals surface area contributed by atoms with Crippen molar-refractivity contribution in [2.75, 3.05) is 0 Å². The third-order valence-corrected chi connectivity index (χ3v) is 0.715. The van der Waals surface area contributed by atoms with E-state index in [4.69, 9.17) is 0 Å². The molecule has 0 atom stereocenters. The molecule has 0 unspecified atom stereocenters. The third-order valence-electron chi connectivity index (χ3n) is 0.283. The molecule has 5 heteroatoms. The Balaban J connectivity index is 0. The summed E-state index contributed by atoms with van der Waals surface area (Å²) in [5, 5.41) is 5.31. The minimum atomic E-state index is 0. The molecule has 0 saturated heterocycles. The number of aromatic nitrogens is 2. The van der Waals surface area contributed by atoms with Crippen molar-refractivity contribution in [1.82, 2.24) is 9.59 Å². The molecule has 0 N–H and O–H groups in total. The molecule has 0 aliphatic carbocycles. The standard InChI is InChI=1S/C2H2N2S.2Na.2H/c1-2-5-4-3-1;;;;/h1-2H;;;;. The Kier molecular flexibility index (Phi) is 12.3. The molecule has 2 nitrogen and oxygen atoms in total. The van der Waals surface area contributed by atoms with Crippen molar-refractivity contribution in [2.45, 2.75) is 0 Å². The zero-order valence-corrected chi connectivity index (χ0v) is 3.27. The first-order valence-corrected chi connectivity index (χ1v) is 2.05. The fourth-order valence-corrected chi connectivity index (χ4v) is 0.408. The van der Waals surface area contributed by atoms with Crippen LogP contribution in [-0.2, 0) is 0 Å². The number of nitrogens with zero attached hydrogens (tertiary/aromatic N) is 2. The van der Waals surface area contributed by atoms with Crippen LogP contribution in [0.25, 0.3) is 0 Å². The van der Waals surface area contributed by atoms with Crippen molar-refractivity contribution in [3.8, 4) is 0 Å². The Morgan fingerprint density at radius 3 is 2.14 bits per heavy atom. The van der Waals surface area contributed by atoms with Crippen molar-refractivity contribution < 1.29 is 0 Å².